The Hall–Kier alpha value is -1.59. The highest BCUT2D eigenvalue weighted by atomic mass is 35.5. The summed E-state index contributed by atoms with van der Waals surface area (Å²) in [5.41, 5.74) is 1.74. The van der Waals surface area contributed by atoms with Gasteiger partial charge in [-0.05, 0) is 53.9 Å². The van der Waals surface area contributed by atoms with Gasteiger partial charge < -0.3 is 9.47 Å². The lowest BCUT2D eigenvalue weighted by atomic mass is 9.94. The largest absolute Gasteiger partial charge is 0.489 e. The lowest BCUT2D eigenvalue weighted by molar-refractivity contribution is -0.0515. The number of rotatable bonds is 8. The highest BCUT2D eigenvalue weighted by Crippen LogP contribution is 2.40. The lowest BCUT2D eigenvalue weighted by Crippen LogP contribution is -2.08. The van der Waals surface area contributed by atoms with Crippen LogP contribution in [0.15, 0.2) is 30.6 Å². The first-order valence-electron chi connectivity index (χ1n) is 8.84. The van der Waals surface area contributed by atoms with E-state index in [1.807, 2.05) is 6.92 Å². The first kappa shape index (κ1) is 20.2. The first-order chi connectivity index (χ1) is 12.8. The van der Waals surface area contributed by atoms with Gasteiger partial charge in [-0.1, -0.05) is 43.1 Å². The second kappa shape index (κ2) is 8.61. The molecule has 27 heavy (non-hydrogen) atoms. The van der Waals surface area contributed by atoms with Crippen molar-refractivity contribution in [1.29, 1.82) is 0 Å². The third kappa shape index (κ3) is 5.23. The second-order valence-corrected chi connectivity index (χ2v) is 7.87. The molecule has 1 aromatic heterocycles. The minimum Gasteiger partial charge on any atom is -0.489 e. The lowest BCUT2D eigenvalue weighted by Gasteiger charge is -2.18. The van der Waals surface area contributed by atoms with Crippen LogP contribution in [-0.2, 0) is 6.42 Å². The van der Waals surface area contributed by atoms with Gasteiger partial charge >= 0.3 is 6.61 Å². The van der Waals surface area contributed by atoms with Crippen molar-refractivity contribution < 1.29 is 18.3 Å². The van der Waals surface area contributed by atoms with Crippen molar-refractivity contribution in [2.75, 3.05) is 6.61 Å². The summed E-state index contributed by atoms with van der Waals surface area (Å²) in [6.07, 6.45) is 4.80. The smallest absolute Gasteiger partial charge is 0.387 e. The van der Waals surface area contributed by atoms with E-state index in [0.29, 0.717) is 40.7 Å². The molecule has 0 N–H and O–H groups in total. The van der Waals surface area contributed by atoms with Crippen molar-refractivity contribution in [1.82, 2.24) is 4.98 Å². The maximum Gasteiger partial charge on any atom is 0.387 e. The second-order valence-electron chi connectivity index (χ2n) is 7.06. The van der Waals surface area contributed by atoms with E-state index in [4.69, 9.17) is 27.9 Å². The molecule has 1 fully saturated rings. The molecule has 146 valence electrons. The number of aromatic nitrogens is 1. The Morgan fingerprint density at radius 3 is 2.44 bits per heavy atom. The zero-order valence-electron chi connectivity index (χ0n) is 15.1. The van der Waals surface area contributed by atoms with E-state index in [1.54, 1.807) is 24.5 Å². The van der Waals surface area contributed by atoms with E-state index in [0.717, 1.165) is 17.5 Å². The highest BCUT2D eigenvalue weighted by Gasteiger charge is 2.33. The molecule has 1 saturated carbocycles. The predicted molar refractivity (Wildman–Crippen MR) is 102 cm³/mol. The molecule has 3 nitrogen and oxygen atoms in total. The van der Waals surface area contributed by atoms with Crippen LogP contribution >= 0.6 is 23.2 Å². The quantitative estimate of drug-likeness (QED) is 0.501. The average molecular weight is 416 g/mol. The molecule has 1 aliphatic carbocycles. The monoisotopic (exact) mass is 415 g/mol. The molecule has 1 heterocycles. The first-order valence-corrected chi connectivity index (χ1v) is 9.60. The van der Waals surface area contributed by atoms with Crippen LogP contribution in [0.1, 0.15) is 37.3 Å². The van der Waals surface area contributed by atoms with Gasteiger partial charge in [0.25, 0.3) is 0 Å². The van der Waals surface area contributed by atoms with Crippen molar-refractivity contribution >= 4 is 23.2 Å². The Labute approximate surface area is 167 Å². The summed E-state index contributed by atoms with van der Waals surface area (Å²) in [6, 6.07) is 5.05. The van der Waals surface area contributed by atoms with Crippen LogP contribution < -0.4 is 9.47 Å². The van der Waals surface area contributed by atoms with Gasteiger partial charge in [-0.3, -0.25) is 4.98 Å². The van der Waals surface area contributed by atoms with Crippen LogP contribution in [0.3, 0.4) is 0 Å². The molecule has 0 amide bonds. The summed E-state index contributed by atoms with van der Waals surface area (Å²) < 4.78 is 35.8. The van der Waals surface area contributed by atoms with E-state index in [1.165, 1.54) is 6.07 Å². The molecule has 0 spiro atoms. The fourth-order valence-electron chi connectivity index (χ4n) is 3.02. The van der Waals surface area contributed by atoms with Crippen molar-refractivity contribution in [3.05, 3.63) is 51.8 Å². The molecule has 0 aliphatic heterocycles. The molecular weight excluding hydrogens is 395 g/mol. The number of hydrogen-bond donors (Lipinski definition) is 0. The fourth-order valence-corrected chi connectivity index (χ4v) is 3.54. The minimum absolute atomic E-state index is 0.0465. The third-order valence-electron chi connectivity index (χ3n) is 4.94. The van der Waals surface area contributed by atoms with E-state index in [9.17, 15) is 8.78 Å². The number of pyridine rings is 1. The van der Waals surface area contributed by atoms with Gasteiger partial charge in [0.15, 0.2) is 11.5 Å². The van der Waals surface area contributed by atoms with Gasteiger partial charge in [0, 0.05) is 12.4 Å². The van der Waals surface area contributed by atoms with Crippen molar-refractivity contribution in [2.24, 2.45) is 11.8 Å². The van der Waals surface area contributed by atoms with E-state index in [-0.39, 0.29) is 11.7 Å². The van der Waals surface area contributed by atoms with Crippen molar-refractivity contribution in [3.63, 3.8) is 0 Å². The van der Waals surface area contributed by atoms with Gasteiger partial charge in [0.2, 0.25) is 0 Å². The Balaban J connectivity index is 1.79. The third-order valence-corrected chi connectivity index (χ3v) is 5.60. The average Bonchev–Trinajstić information content (AvgIpc) is 3.32. The number of nitrogens with zero attached hydrogens (tertiary/aromatic N) is 1. The highest BCUT2D eigenvalue weighted by molar-refractivity contribution is 6.35. The zero-order chi connectivity index (χ0) is 19.6. The molecule has 0 saturated heterocycles. The van der Waals surface area contributed by atoms with Crippen LogP contribution in [0.2, 0.25) is 10.0 Å². The standard InChI is InChI=1S/C20H21Cl2F2NO2/c1-11-5-14(11)10-26-19-7-13(3-4-18(19)27-20(23)24)12(2)6-15-16(21)8-25-9-17(15)22/h3-4,7-9,11-12,14,20H,5-6,10H2,1-2H3/t11-,12-,14?/m0/s1. The van der Waals surface area contributed by atoms with Crippen LogP contribution in [0.4, 0.5) is 8.78 Å². The molecule has 2 aromatic rings. The summed E-state index contributed by atoms with van der Waals surface area (Å²) in [7, 11) is 0. The summed E-state index contributed by atoms with van der Waals surface area (Å²) in [6.45, 7) is 1.76. The van der Waals surface area contributed by atoms with E-state index >= 15 is 0 Å². The van der Waals surface area contributed by atoms with Gasteiger partial charge in [0.05, 0.1) is 16.7 Å². The van der Waals surface area contributed by atoms with Gasteiger partial charge in [-0.15, -0.1) is 0 Å². The molecule has 7 heteroatoms. The SMILES string of the molecule is C[C@@H](Cc1c(Cl)cncc1Cl)c1ccc(OC(F)F)c(OCC2C[C@@H]2C)c1. The maximum absolute atomic E-state index is 12.7. The number of alkyl halides is 2. The Kier molecular flexibility index (Phi) is 6.43. The van der Waals surface area contributed by atoms with Crippen LogP contribution in [-0.4, -0.2) is 18.2 Å². The van der Waals surface area contributed by atoms with Crippen LogP contribution in [0.5, 0.6) is 11.5 Å². The summed E-state index contributed by atoms with van der Waals surface area (Å²) in [5.74, 6) is 1.52. The topological polar surface area (TPSA) is 31.4 Å². The van der Waals surface area contributed by atoms with Gasteiger partial charge in [-0.2, -0.15) is 8.78 Å². The van der Waals surface area contributed by atoms with Crippen LogP contribution in [0, 0.1) is 11.8 Å². The fraction of sp³-hybridized carbons (Fsp3) is 0.450. The predicted octanol–water partition coefficient (Wildman–Crippen LogP) is 6.37. The van der Waals surface area contributed by atoms with E-state index in [2.05, 4.69) is 16.6 Å². The summed E-state index contributed by atoms with van der Waals surface area (Å²) in [5, 5.41) is 1.01. The summed E-state index contributed by atoms with van der Waals surface area (Å²) in [4.78, 5) is 3.96. The van der Waals surface area contributed by atoms with Gasteiger partial charge in [-0.25, -0.2) is 0 Å². The molecular formula is C20H21Cl2F2NO2. The summed E-state index contributed by atoms with van der Waals surface area (Å²) >= 11 is 12.4. The van der Waals surface area contributed by atoms with E-state index < -0.39 is 6.61 Å². The molecule has 0 radical (unpaired) electrons. The normalized spacial score (nSPS) is 19.8. The molecule has 1 aliphatic rings. The number of hydrogen-bond acceptors (Lipinski definition) is 3. The number of ether oxygens (including phenoxy) is 2. The molecule has 3 atom stereocenters. The minimum atomic E-state index is -2.90. The molecule has 1 aromatic carbocycles. The zero-order valence-corrected chi connectivity index (χ0v) is 16.6. The molecule has 1 unspecified atom stereocenters. The Bertz CT molecular complexity index is 783. The van der Waals surface area contributed by atoms with Crippen molar-refractivity contribution in [2.45, 2.75) is 39.2 Å². The molecule has 3 rings (SSSR count). The number of halogens is 4. The number of benzene rings is 1. The maximum atomic E-state index is 12.7. The molecule has 0 bridgehead atoms. The van der Waals surface area contributed by atoms with Crippen LogP contribution in [0.25, 0.3) is 0 Å². The Morgan fingerprint density at radius 2 is 1.85 bits per heavy atom. The van der Waals surface area contributed by atoms with Crippen molar-refractivity contribution in [3.8, 4) is 11.5 Å². The van der Waals surface area contributed by atoms with Gasteiger partial charge in [0.1, 0.15) is 0 Å². The Morgan fingerprint density at radius 1 is 1.19 bits per heavy atom.